The van der Waals surface area contributed by atoms with E-state index in [1.54, 1.807) is 6.08 Å². The maximum absolute atomic E-state index is 12.5. The van der Waals surface area contributed by atoms with Crippen LogP contribution in [0.4, 0.5) is 0 Å². The summed E-state index contributed by atoms with van der Waals surface area (Å²) in [5, 5.41) is 35.2. The van der Waals surface area contributed by atoms with E-state index in [4.69, 9.17) is 14.5 Å². The van der Waals surface area contributed by atoms with Gasteiger partial charge in [-0.05, 0) is 74.7 Å². The molecule has 5 fully saturated rings. The van der Waals surface area contributed by atoms with E-state index in [2.05, 4.69) is 18.0 Å². The van der Waals surface area contributed by atoms with Crippen molar-refractivity contribution >= 4 is 12.2 Å². The first-order chi connectivity index (χ1) is 17.7. The fraction of sp³-hybridized carbons (Fsp3) is 0.862. The Labute approximate surface area is 220 Å². The predicted molar refractivity (Wildman–Crippen MR) is 138 cm³/mol. The Hall–Kier alpha value is -1.32. The van der Waals surface area contributed by atoms with Gasteiger partial charge in [0.25, 0.3) is 0 Å². The number of nitrogens with zero attached hydrogens (tertiary/aromatic N) is 2. The molecule has 6 rings (SSSR count). The Balaban J connectivity index is 1.28. The molecule has 8 atom stereocenters. The topological polar surface area (TPSA) is 112 Å². The van der Waals surface area contributed by atoms with Crippen LogP contribution >= 0.6 is 0 Å². The molecule has 4 aliphatic carbocycles. The molecule has 8 heteroatoms. The summed E-state index contributed by atoms with van der Waals surface area (Å²) in [6.07, 6.45) is 9.65. The lowest BCUT2D eigenvalue weighted by Gasteiger charge is -2.65. The number of cyclic esters (lactones) is 1. The number of hydrogen-bond acceptors (Lipinski definition) is 8. The molecule has 0 unspecified atom stereocenters. The minimum Gasteiger partial charge on any atom is -0.458 e. The lowest BCUT2D eigenvalue weighted by molar-refractivity contribution is -0.237. The molecular weight excluding hydrogens is 472 g/mol. The third kappa shape index (κ3) is 3.96. The van der Waals surface area contributed by atoms with Crippen LogP contribution in [0.1, 0.15) is 64.7 Å². The molecule has 0 aromatic carbocycles. The molecule has 1 saturated heterocycles. The average Bonchev–Trinajstić information content (AvgIpc) is 3.42. The molecule has 3 N–H and O–H groups in total. The van der Waals surface area contributed by atoms with Crippen molar-refractivity contribution < 1.29 is 29.6 Å². The molecule has 37 heavy (non-hydrogen) atoms. The molecule has 0 aromatic rings. The van der Waals surface area contributed by atoms with Gasteiger partial charge in [-0.25, -0.2) is 4.79 Å². The third-order valence-corrected chi connectivity index (χ3v) is 11.6. The first kappa shape index (κ1) is 25.9. The van der Waals surface area contributed by atoms with Gasteiger partial charge in [0.15, 0.2) is 0 Å². The van der Waals surface area contributed by atoms with E-state index >= 15 is 0 Å². The van der Waals surface area contributed by atoms with Gasteiger partial charge >= 0.3 is 5.97 Å². The SMILES string of the molecule is C[C@]12CC[C@H]3[C@@H](CC[C@]4(O)C[C@H](O)CC[C@]34C=NCCN3CCOCC3)[C@]1(O)CC[C@@H]2C1=CC(=O)OC1. The Morgan fingerprint density at radius 3 is 2.62 bits per heavy atom. The summed E-state index contributed by atoms with van der Waals surface area (Å²) in [5.74, 6) is 0.0738. The van der Waals surface area contributed by atoms with Gasteiger partial charge in [0.2, 0.25) is 0 Å². The first-order valence-electron chi connectivity index (χ1n) is 14.5. The van der Waals surface area contributed by atoms with E-state index in [1.165, 1.54) is 0 Å². The summed E-state index contributed by atoms with van der Waals surface area (Å²) < 4.78 is 10.7. The van der Waals surface area contributed by atoms with Gasteiger partial charge in [-0.3, -0.25) is 9.89 Å². The summed E-state index contributed by atoms with van der Waals surface area (Å²) >= 11 is 0. The van der Waals surface area contributed by atoms with Crippen LogP contribution < -0.4 is 0 Å². The highest BCUT2D eigenvalue weighted by Crippen LogP contribution is 2.70. The third-order valence-electron chi connectivity index (χ3n) is 11.6. The lowest BCUT2D eigenvalue weighted by atomic mass is 9.41. The fourth-order valence-corrected chi connectivity index (χ4v) is 9.61. The second kappa shape index (κ2) is 9.40. The summed E-state index contributed by atoms with van der Waals surface area (Å²) in [7, 11) is 0. The number of carbonyl (C=O) groups is 1. The van der Waals surface area contributed by atoms with E-state index in [0.717, 1.165) is 64.1 Å². The summed E-state index contributed by atoms with van der Waals surface area (Å²) in [4.78, 5) is 19.2. The van der Waals surface area contributed by atoms with E-state index in [-0.39, 0.29) is 29.1 Å². The number of ether oxygens (including phenoxy) is 2. The second-order valence-corrected chi connectivity index (χ2v) is 13.0. The average molecular weight is 517 g/mol. The van der Waals surface area contributed by atoms with E-state index in [1.807, 2.05) is 0 Å². The van der Waals surface area contributed by atoms with Crippen molar-refractivity contribution in [3.8, 4) is 0 Å². The van der Waals surface area contributed by atoms with Gasteiger partial charge in [-0.1, -0.05) is 6.92 Å². The maximum atomic E-state index is 12.5. The van der Waals surface area contributed by atoms with Gasteiger partial charge in [-0.2, -0.15) is 0 Å². The van der Waals surface area contributed by atoms with Crippen molar-refractivity contribution in [2.45, 2.75) is 82.0 Å². The van der Waals surface area contributed by atoms with Crippen molar-refractivity contribution in [2.24, 2.45) is 33.6 Å². The monoisotopic (exact) mass is 516 g/mol. The molecule has 0 radical (unpaired) electrons. The van der Waals surface area contributed by atoms with Crippen molar-refractivity contribution in [3.63, 3.8) is 0 Å². The number of aliphatic hydroxyl groups is 3. The van der Waals surface area contributed by atoms with Gasteiger partial charge < -0.3 is 24.8 Å². The van der Waals surface area contributed by atoms with Crippen LogP contribution in [0.15, 0.2) is 16.6 Å². The van der Waals surface area contributed by atoms with Gasteiger partial charge in [0.1, 0.15) is 6.61 Å². The van der Waals surface area contributed by atoms with Crippen LogP contribution in [-0.2, 0) is 14.3 Å². The number of morpholine rings is 1. The number of fused-ring (bicyclic) bond motifs is 5. The zero-order valence-electron chi connectivity index (χ0n) is 22.2. The molecule has 8 nitrogen and oxygen atoms in total. The molecule has 206 valence electrons. The van der Waals surface area contributed by atoms with Crippen LogP contribution in [0.3, 0.4) is 0 Å². The highest BCUT2D eigenvalue weighted by atomic mass is 16.5. The van der Waals surface area contributed by atoms with E-state index < -0.39 is 22.7 Å². The van der Waals surface area contributed by atoms with Gasteiger partial charge in [-0.15, -0.1) is 0 Å². The minimum absolute atomic E-state index is 0.0658. The summed E-state index contributed by atoms with van der Waals surface area (Å²) in [5.41, 5.74) is -1.65. The van der Waals surface area contributed by atoms with E-state index in [9.17, 15) is 20.1 Å². The molecule has 2 aliphatic heterocycles. The number of rotatable bonds is 5. The molecule has 0 aromatic heterocycles. The molecule has 2 heterocycles. The molecule has 0 amide bonds. The molecule has 6 aliphatic rings. The standard InChI is InChI=1S/C29H44N2O6/c1-26-6-3-23-24(29(26,35)9-5-22(26)20-16-25(33)37-18-20)4-8-28(34)17-21(32)2-7-27(23,28)19-30-10-11-31-12-14-36-15-13-31/h16,19,21-24,32,34-35H,2-15,17-18H2,1H3/t21-,22-,23+,24-,26-,27+,28+,29-/m1/s1. The predicted octanol–water partition coefficient (Wildman–Crippen LogP) is 2.10. The normalized spacial score (nSPS) is 48.3. The number of aliphatic imine (C=N–C) groups is 1. The van der Waals surface area contributed by atoms with E-state index in [0.29, 0.717) is 45.3 Å². The van der Waals surface area contributed by atoms with Crippen LogP contribution in [0, 0.1) is 28.6 Å². The van der Waals surface area contributed by atoms with Crippen molar-refractivity contribution in [3.05, 3.63) is 11.6 Å². The van der Waals surface area contributed by atoms with Crippen molar-refractivity contribution in [1.82, 2.24) is 4.90 Å². The zero-order chi connectivity index (χ0) is 25.9. The van der Waals surface area contributed by atoms with Crippen LogP contribution in [0.25, 0.3) is 0 Å². The highest BCUT2D eigenvalue weighted by molar-refractivity contribution is 5.85. The lowest BCUT2D eigenvalue weighted by Crippen LogP contribution is -2.68. The van der Waals surface area contributed by atoms with Crippen LogP contribution in [0.2, 0.25) is 0 Å². The first-order valence-corrected chi connectivity index (χ1v) is 14.5. The van der Waals surface area contributed by atoms with Crippen molar-refractivity contribution in [1.29, 1.82) is 0 Å². The maximum Gasteiger partial charge on any atom is 0.331 e. The van der Waals surface area contributed by atoms with Crippen molar-refractivity contribution in [2.75, 3.05) is 46.0 Å². The Morgan fingerprint density at radius 2 is 1.86 bits per heavy atom. The molecule has 0 spiro atoms. The largest absolute Gasteiger partial charge is 0.458 e. The summed E-state index contributed by atoms with van der Waals surface area (Å²) in [6, 6.07) is 0. The van der Waals surface area contributed by atoms with Crippen LogP contribution in [-0.4, -0.2) is 95.7 Å². The van der Waals surface area contributed by atoms with Gasteiger partial charge in [0, 0.05) is 49.2 Å². The Kier molecular flexibility index (Phi) is 6.59. The summed E-state index contributed by atoms with van der Waals surface area (Å²) in [6.45, 7) is 7.53. The number of hydrogen-bond donors (Lipinski definition) is 3. The molecular formula is C29H44N2O6. The van der Waals surface area contributed by atoms with Crippen LogP contribution in [0.5, 0.6) is 0 Å². The minimum atomic E-state index is -0.995. The Bertz CT molecular complexity index is 964. The molecule has 0 bridgehead atoms. The number of carbonyl (C=O) groups excluding carboxylic acids is 1. The molecule has 4 saturated carbocycles. The quantitative estimate of drug-likeness (QED) is 0.379. The number of esters is 1. The second-order valence-electron chi connectivity index (χ2n) is 13.0. The zero-order valence-corrected chi connectivity index (χ0v) is 22.2. The fourth-order valence-electron chi connectivity index (χ4n) is 9.61. The Morgan fingerprint density at radius 1 is 1.08 bits per heavy atom. The number of aliphatic hydroxyl groups excluding tert-OH is 1. The van der Waals surface area contributed by atoms with Gasteiger partial charge in [0.05, 0.1) is 37.1 Å². The highest BCUT2D eigenvalue weighted by Gasteiger charge is 2.71. The smallest absolute Gasteiger partial charge is 0.331 e.